The molecule has 96 valence electrons. The Balaban J connectivity index is 2.10. The number of nitro groups is 1. The second-order valence-electron chi connectivity index (χ2n) is 3.55. The zero-order chi connectivity index (χ0) is 13.7. The number of anilines is 1. The molecule has 7 heteroatoms. The minimum absolute atomic E-state index is 0.0951. The molecule has 0 saturated carbocycles. The maximum atomic E-state index is 10.8. The molecule has 2 rings (SSSR count). The maximum Gasteiger partial charge on any atom is 0.313 e. The Kier molecular flexibility index (Phi) is 4.04. The second-order valence-corrected chi connectivity index (χ2v) is 3.99. The summed E-state index contributed by atoms with van der Waals surface area (Å²) in [4.78, 5) is 14.1. The lowest BCUT2D eigenvalue weighted by molar-refractivity contribution is -0.384. The smallest absolute Gasteiger partial charge is 0.258 e. The minimum Gasteiger partial charge on any atom is -0.258 e. The fourth-order valence-electron chi connectivity index (χ4n) is 1.35. The van der Waals surface area contributed by atoms with Crippen molar-refractivity contribution in [1.29, 1.82) is 0 Å². The number of benzene rings is 1. The number of aromatic nitrogens is 1. The number of halogens is 1. The zero-order valence-electron chi connectivity index (χ0n) is 9.65. The van der Waals surface area contributed by atoms with Gasteiger partial charge in [0.15, 0.2) is 0 Å². The van der Waals surface area contributed by atoms with E-state index in [0.717, 1.165) is 5.56 Å². The Hall–Kier alpha value is -2.47. The summed E-state index contributed by atoms with van der Waals surface area (Å²) in [5.41, 5.74) is 3.23. The van der Waals surface area contributed by atoms with Crippen molar-refractivity contribution in [2.24, 2.45) is 5.10 Å². The lowest BCUT2D eigenvalue weighted by atomic mass is 10.2. The number of hydrazone groups is 1. The van der Waals surface area contributed by atoms with E-state index in [4.69, 9.17) is 11.6 Å². The molecule has 0 radical (unpaired) electrons. The van der Waals surface area contributed by atoms with Crippen LogP contribution in [0.4, 0.5) is 11.5 Å². The van der Waals surface area contributed by atoms with E-state index in [1.807, 2.05) is 0 Å². The molecule has 2 aromatic rings. The first-order chi connectivity index (χ1) is 9.16. The Morgan fingerprint density at radius 3 is 2.74 bits per heavy atom. The highest BCUT2D eigenvalue weighted by Gasteiger charge is 2.12. The van der Waals surface area contributed by atoms with Gasteiger partial charge in [0.2, 0.25) is 5.82 Å². The van der Waals surface area contributed by atoms with Crippen LogP contribution in [-0.2, 0) is 0 Å². The van der Waals surface area contributed by atoms with Gasteiger partial charge in [-0.05, 0) is 23.8 Å². The molecule has 0 aliphatic rings. The normalized spacial score (nSPS) is 10.6. The maximum absolute atomic E-state index is 10.8. The van der Waals surface area contributed by atoms with Crippen LogP contribution < -0.4 is 5.43 Å². The van der Waals surface area contributed by atoms with Crippen molar-refractivity contribution in [2.45, 2.75) is 0 Å². The summed E-state index contributed by atoms with van der Waals surface area (Å²) in [7, 11) is 0. The molecule has 1 N–H and O–H groups in total. The predicted octanol–water partition coefficient (Wildman–Crippen LogP) is 3.09. The van der Waals surface area contributed by atoms with E-state index in [1.54, 1.807) is 24.3 Å². The standard InChI is InChI=1S/C12H9ClN4O2/c13-10-5-3-9(4-6-10)8-15-16-12-11(17(18)19)2-1-7-14-12/h1-8H,(H,14,16)/b15-8-. The first-order valence-corrected chi connectivity index (χ1v) is 5.68. The molecule has 0 aliphatic carbocycles. The first kappa shape index (κ1) is 13.0. The van der Waals surface area contributed by atoms with Crippen LogP contribution in [-0.4, -0.2) is 16.1 Å². The molecule has 0 aliphatic heterocycles. The highest BCUT2D eigenvalue weighted by molar-refractivity contribution is 6.30. The third kappa shape index (κ3) is 3.49. The molecule has 6 nitrogen and oxygen atoms in total. The summed E-state index contributed by atoms with van der Waals surface area (Å²) in [5, 5.41) is 15.3. The van der Waals surface area contributed by atoms with Crippen LogP contribution in [0.3, 0.4) is 0 Å². The van der Waals surface area contributed by atoms with Crippen LogP contribution >= 0.6 is 11.6 Å². The van der Waals surface area contributed by atoms with Gasteiger partial charge in [-0.15, -0.1) is 0 Å². The highest BCUT2D eigenvalue weighted by Crippen LogP contribution is 2.19. The van der Waals surface area contributed by atoms with Crippen LogP contribution in [0.2, 0.25) is 5.02 Å². The number of hydrogen-bond donors (Lipinski definition) is 1. The van der Waals surface area contributed by atoms with Gasteiger partial charge >= 0.3 is 5.69 Å². The summed E-state index contributed by atoms with van der Waals surface area (Å²) in [6.07, 6.45) is 2.97. The SMILES string of the molecule is O=[N+]([O-])c1cccnc1N/N=C\c1ccc(Cl)cc1. The van der Waals surface area contributed by atoms with E-state index >= 15 is 0 Å². The lowest BCUT2D eigenvalue weighted by Crippen LogP contribution is -1.98. The summed E-state index contributed by atoms with van der Waals surface area (Å²) in [5.74, 6) is 0.0951. The molecular weight excluding hydrogens is 268 g/mol. The topological polar surface area (TPSA) is 80.4 Å². The van der Waals surface area contributed by atoms with E-state index in [9.17, 15) is 10.1 Å². The Labute approximate surface area is 113 Å². The van der Waals surface area contributed by atoms with E-state index in [-0.39, 0.29) is 11.5 Å². The average molecular weight is 277 g/mol. The van der Waals surface area contributed by atoms with Gasteiger partial charge < -0.3 is 0 Å². The predicted molar refractivity (Wildman–Crippen MR) is 73.6 cm³/mol. The third-order valence-electron chi connectivity index (χ3n) is 2.24. The van der Waals surface area contributed by atoms with Crippen molar-refractivity contribution in [1.82, 2.24) is 4.98 Å². The molecule has 0 bridgehead atoms. The highest BCUT2D eigenvalue weighted by atomic mass is 35.5. The van der Waals surface area contributed by atoms with Crippen molar-refractivity contribution in [3.8, 4) is 0 Å². The lowest BCUT2D eigenvalue weighted by Gasteiger charge is -1.99. The molecule has 1 aromatic heterocycles. The van der Waals surface area contributed by atoms with Gasteiger partial charge in [-0.1, -0.05) is 23.7 Å². The van der Waals surface area contributed by atoms with Crippen molar-refractivity contribution in [3.63, 3.8) is 0 Å². The molecule has 0 amide bonds. The van der Waals surface area contributed by atoms with Gasteiger partial charge in [-0.3, -0.25) is 15.5 Å². The number of nitrogens with zero attached hydrogens (tertiary/aromatic N) is 3. The molecule has 0 unspecified atom stereocenters. The first-order valence-electron chi connectivity index (χ1n) is 5.31. The second kappa shape index (κ2) is 5.92. The molecule has 1 aromatic carbocycles. The van der Waals surface area contributed by atoms with Crippen molar-refractivity contribution in [2.75, 3.05) is 5.43 Å². The summed E-state index contributed by atoms with van der Waals surface area (Å²) >= 11 is 5.75. The number of rotatable bonds is 4. The van der Waals surface area contributed by atoms with E-state index in [0.29, 0.717) is 5.02 Å². The summed E-state index contributed by atoms with van der Waals surface area (Å²) in [6, 6.07) is 9.86. The summed E-state index contributed by atoms with van der Waals surface area (Å²) in [6.45, 7) is 0. The van der Waals surface area contributed by atoms with E-state index in [1.165, 1.54) is 24.5 Å². The van der Waals surface area contributed by atoms with Crippen molar-refractivity contribution >= 4 is 29.3 Å². The minimum atomic E-state index is -0.521. The van der Waals surface area contributed by atoms with Crippen LogP contribution in [0.25, 0.3) is 0 Å². The Morgan fingerprint density at radius 1 is 1.32 bits per heavy atom. The third-order valence-corrected chi connectivity index (χ3v) is 2.49. The van der Waals surface area contributed by atoms with Crippen LogP contribution in [0.5, 0.6) is 0 Å². The average Bonchev–Trinajstić information content (AvgIpc) is 2.41. The van der Waals surface area contributed by atoms with Crippen molar-refractivity contribution < 1.29 is 4.92 Å². The molecule has 0 spiro atoms. The Morgan fingerprint density at radius 2 is 2.05 bits per heavy atom. The monoisotopic (exact) mass is 276 g/mol. The molecule has 0 saturated heterocycles. The van der Waals surface area contributed by atoms with Gasteiger partial charge in [0, 0.05) is 17.3 Å². The number of hydrogen-bond acceptors (Lipinski definition) is 5. The van der Waals surface area contributed by atoms with Gasteiger partial charge in [-0.2, -0.15) is 5.10 Å². The van der Waals surface area contributed by atoms with E-state index in [2.05, 4.69) is 15.5 Å². The summed E-state index contributed by atoms with van der Waals surface area (Å²) < 4.78 is 0. The van der Waals surface area contributed by atoms with Gasteiger partial charge in [0.25, 0.3) is 0 Å². The Bertz CT molecular complexity index is 613. The quantitative estimate of drug-likeness (QED) is 0.528. The molecular formula is C12H9ClN4O2. The number of nitrogens with one attached hydrogen (secondary N) is 1. The fourth-order valence-corrected chi connectivity index (χ4v) is 1.47. The zero-order valence-corrected chi connectivity index (χ0v) is 10.4. The molecule has 0 atom stereocenters. The molecule has 19 heavy (non-hydrogen) atoms. The molecule has 1 heterocycles. The fraction of sp³-hybridized carbons (Fsp3) is 0. The van der Waals surface area contributed by atoms with Crippen molar-refractivity contribution in [3.05, 3.63) is 63.3 Å². The van der Waals surface area contributed by atoms with Crippen LogP contribution in [0, 0.1) is 10.1 Å². The number of pyridine rings is 1. The molecule has 0 fully saturated rings. The largest absolute Gasteiger partial charge is 0.313 e. The van der Waals surface area contributed by atoms with Gasteiger partial charge in [0.05, 0.1) is 11.1 Å². The van der Waals surface area contributed by atoms with Gasteiger partial charge in [-0.25, -0.2) is 4.98 Å². The van der Waals surface area contributed by atoms with Crippen LogP contribution in [0.15, 0.2) is 47.7 Å². The van der Waals surface area contributed by atoms with Crippen LogP contribution in [0.1, 0.15) is 5.56 Å². The van der Waals surface area contributed by atoms with E-state index < -0.39 is 4.92 Å². The van der Waals surface area contributed by atoms with Gasteiger partial charge in [0.1, 0.15) is 0 Å².